The Morgan fingerprint density at radius 1 is 0.878 bits per heavy atom. The minimum atomic E-state index is -4.45. The SMILES string of the molecule is O=C(Oc1ccccc1)N1CCC(CNCC2CCCCC2)CC1c1ccc(Oc2ccc(C(F)(F)F)cn2)cc1. The number of amides is 1. The second-order valence-electron chi connectivity index (χ2n) is 11.0. The van der Waals surface area contributed by atoms with Crippen LogP contribution in [0.1, 0.15) is 62.1 Å². The van der Waals surface area contributed by atoms with E-state index in [0.717, 1.165) is 49.7 Å². The summed E-state index contributed by atoms with van der Waals surface area (Å²) in [5.74, 6) is 2.19. The molecule has 0 bridgehead atoms. The van der Waals surface area contributed by atoms with Crippen molar-refractivity contribution in [2.45, 2.75) is 57.2 Å². The van der Waals surface area contributed by atoms with E-state index in [2.05, 4.69) is 10.3 Å². The number of carbonyl (C=O) groups is 1. The number of aromatic nitrogens is 1. The van der Waals surface area contributed by atoms with Gasteiger partial charge in [0.05, 0.1) is 11.6 Å². The normalized spacial score (nSPS) is 20.0. The molecule has 1 amide bonds. The highest BCUT2D eigenvalue weighted by molar-refractivity contribution is 5.71. The summed E-state index contributed by atoms with van der Waals surface area (Å²) in [6, 6.07) is 18.3. The summed E-state index contributed by atoms with van der Waals surface area (Å²) in [6.07, 6.45) is 4.20. The first-order valence-electron chi connectivity index (χ1n) is 14.4. The van der Waals surface area contributed by atoms with Crippen molar-refractivity contribution in [3.05, 3.63) is 84.1 Å². The summed E-state index contributed by atoms with van der Waals surface area (Å²) >= 11 is 0. The van der Waals surface area contributed by atoms with Gasteiger partial charge in [-0.25, -0.2) is 9.78 Å². The molecule has 5 rings (SSSR count). The van der Waals surface area contributed by atoms with Crippen molar-refractivity contribution in [1.29, 1.82) is 0 Å². The molecule has 2 fully saturated rings. The number of hydrogen-bond acceptors (Lipinski definition) is 5. The van der Waals surface area contributed by atoms with Gasteiger partial charge in [-0.2, -0.15) is 13.2 Å². The molecule has 218 valence electrons. The van der Waals surface area contributed by atoms with Gasteiger partial charge in [0.1, 0.15) is 11.5 Å². The Kier molecular flexibility index (Phi) is 9.44. The van der Waals surface area contributed by atoms with Crippen LogP contribution in [0.4, 0.5) is 18.0 Å². The van der Waals surface area contributed by atoms with Gasteiger partial charge in [0.2, 0.25) is 5.88 Å². The highest BCUT2D eigenvalue weighted by Crippen LogP contribution is 2.36. The van der Waals surface area contributed by atoms with Gasteiger partial charge in [-0.1, -0.05) is 49.6 Å². The maximum Gasteiger partial charge on any atom is 0.417 e. The van der Waals surface area contributed by atoms with Crippen LogP contribution in [0.2, 0.25) is 0 Å². The lowest BCUT2D eigenvalue weighted by Gasteiger charge is -2.39. The first-order valence-corrected chi connectivity index (χ1v) is 14.4. The summed E-state index contributed by atoms with van der Waals surface area (Å²) < 4.78 is 49.9. The first kappa shape index (κ1) is 28.9. The molecule has 2 heterocycles. The van der Waals surface area contributed by atoms with Crippen molar-refractivity contribution in [3.8, 4) is 17.4 Å². The van der Waals surface area contributed by atoms with Gasteiger partial charge in [0.25, 0.3) is 0 Å². The number of hydrogen-bond donors (Lipinski definition) is 1. The molecule has 1 aromatic heterocycles. The topological polar surface area (TPSA) is 63.7 Å². The average molecular weight is 568 g/mol. The lowest BCUT2D eigenvalue weighted by atomic mass is 9.86. The van der Waals surface area contributed by atoms with Crippen LogP contribution in [0.25, 0.3) is 0 Å². The lowest BCUT2D eigenvalue weighted by molar-refractivity contribution is -0.137. The lowest BCUT2D eigenvalue weighted by Crippen LogP contribution is -2.44. The quantitative estimate of drug-likeness (QED) is 0.299. The molecular weight excluding hydrogens is 531 g/mol. The Labute approximate surface area is 238 Å². The summed E-state index contributed by atoms with van der Waals surface area (Å²) in [4.78, 5) is 18.8. The monoisotopic (exact) mass is 567 g/mol. The van der Waals surface area contributed by atoms with Gasteiger partial charge in [0, 0.05) is 18.8 Å². The van der Waals surface area contributed by atoms with E-state index >= 15 is 0 Å². The molecule has 0 spiro atoms. The minimum Gasteiger partial charge on any atom is -0.439 e. The molecule has 2 unspecified atom stereocenters. The number of pyridine rings is 1. The third-order valence-electron chi connectivity index (χ3n) is 8.04. The summed E-state index contributed by atoms with van der Waals surface area (Å²) in [7, 11) is 0. The molecule has 3 aromatic rings. The Bertz CT molecular complexity index is 1250. The van der Waals surface area contributed by atoms with E-state index in [1.54, 1.807) is 29.2 Å². The molecule has 0 radical (unpaired) electrons. The van der Waals surface area contributed by atoms with E-state index in [4.69, 9.17) is 9.47 Å². The van der Waals surface area contributed by atoms with Crippen LogP contribution >= 0.6 is 0 Å². The van der Waals surface area contributed by atoms with Crippen molar-refractivity contribution in [2.24, 2.45) is 11.8 Å². The van der Waals surface area contributed by atoms with Crippen LogP contribution < -0.4 is 14.8 Å². The summed E-state index contributed by atoms with van der Waals surface area (Å²) in [5, 5.41) is 3.70. The standard InChI is InChI=1S/C32H36F3N3O3/c33-32(34,35)26-13-16-30(37-22-26)40-28-14-11-25(12-15-28)29-19-24(21-36-20-23-7-3-1-4-8-23)17-18-38(29)31(39)41-27-9-5-2-6-10-27/h2,5-6,9-16,22-24,29,36H,1,3-4,7-8,17-21H2. The number of benzene rings is 2. The molecule has 1 aliphatic heterocycles. The minimum absolute atomic E-state index is 0.0700. The zero-order valence-corrected chi connectivity index (χ0v) is 23.0. The maximum absolute atomic E-state index is 13.3. The number of para-hydroxylation sites is 1. The Balaban J connectivity index is 1.26. The number of nitrogens with one attached hydrogen (secondary N) is 1. The number of halogens is 3. The number of alkyl halides is 3. The van der Waals surface area contributed by atoms with E-state index < -0.39 is 11.7 Å². The number of likely N-dealkylation sites (tertiary alicyclic amines) is 1. The molecule has 2 aromatic carbocycles. The number of piperidine rings is 1. The van der Waals surface area contributed by atoms with Crippen LogP contribution in [-0.4, -0.2) is 35.6 Å². The molecular formula is C32H36F3N3O3. The van der Waals surface area contributed by atoms with Crippen molar-refractivity contribution in [2.75, 3.05) is 19.6 Å². The Hall–Kier alpha value is -3.59. The van der Waals surface area contributed by atoms with Gasteiger partial charge in [-0.05, 0) is 86.5 Å². The second-order valence-corrected chi connectivity index (χ2v) is 11.0. The smallest absolute Gasteiger partial charge is 0.417 e. The molecule has 6 nitrogen and oxygen atoms in total. The zero-order valence-electron chi connectivity index (χ0n) is 23.0. The Morgan fingerprint density at radius 3 is 2.29 bits per heavy atom. The molecule has 1 aliphatic carbocycles. The molecule has 1 saturated carbocycles. The fourth-order valence-electron chi connectivity index (χ4n) is 5.78. The van der Waals surface area contributed by atoms with Gasteiger partial charge < -0.3 is 19.7 Å². The van der Waals surface area contributed by atoms with E-state index in [1.807, 2.05) is 30.3 Å². The zero-order chi connectivity index (χ0) is 28.7. The second kappa shape index (κ2) is 13.4. The van der Waals surface area contributed by atoms with Crippen molar-refractivity contribution in [3.63, 3.8) is 0 Å². The largest absolute Gasteiger partial charge is 0.439 e. The summed E-state index contributed by atoms with van der Waals surface area (Å²) in [5.41, 5.74) is 0.113. The van der Waals surface area contributed by atoms with Crippen LogP contribution in [0.3, 0.4) is 0 Å². The molecule has 1 saturated heterocycles. The molecule has 2 aliphatic rings. The number of nitrogens with zero attached hydrogens (tertiary/aromatic N) is 2. The number of ether oxygens (including phenoxy) is 2. The van der Waals surface area contributed by atoms with Crippen molar-refractivity contribution < 1.29 is 27.4 Å². The molecule has 9 heteroatoms. The van der Waals surface area contributed by atoms with E-state index in [0.29, 0.717) is 24.0 Å². The molecule has 1 N–H and O–H groups in total. The van der Waals surface area contributed by atoms with E-state index in [9.17, 15) is 18.0 Å². The van der Waals surface area contributed by atoms with E-state index in [1.165, 1.54) is 38.2 Å². The van der Waals surface area contributed by atoms with Gasteiger partial charge in [0.15, 0.2) is 0 Å². The van der Waals surface area contributed by atoms with Crippen molar-refractivity contribution >= 4 is 6.09 Å². The van der Waals surface area contributed by atoms with E-state index in [-0.39, 0.29) is 18.0 Å². The number of carbonyl (C=O) groups excluding carboxylic acids is 1. The molecule has 2 atom stereocenters. The number of rotatable bonds is 8. The van der Waals surface area contributed by atoms with Crippen LogP contribution in [0.15, 0.2) is 72.9 Å². The first-order chi connectivity index (χ1) is 19.8. The van der Waals surface area contributed by atoms with Gasteiger partial charge in [-0.3, -0.25) is 0 Å². The predicted octanol–water partition coefficient (Wildman–Crippen LogP) is 8.01. The maximum atomic E-state index is 13.3. The van der Waals surface area contributed by atoms with Crippen LogP contribution in [-0.2, 0) is 6.18 Å². The fraction of sp³-hybridized carbons (Fsp3) is 0.438. The van der Waals surface area contributed by atoms with Crippen LogP contribution in [0, 0.1) is 11.8 Å². The third kappa shape index (κ3) is 8.00. The van der Waals surface area contributed by atoms with Gasteiger partial charge >= 0.3 is 12.3 Å². The van der Waals surface area contributed by atoms with Crippen LogP contribution in [0.5, 0.6) is 17.4 Å². The third-order valence-corrected chi connectivity index (χ3v) is 8.04. The highest BCUT2D eigenvalue weighted by Gasteiger charge is 2.34. The van der Waals surface area contributed by atoms with Gasteiger partial charge in [-0.15, -0.1) is 0 Å². The fourth-order valence-corrected chi connectivity index (χ4v) is 5.78. The summed E-state index contributed by atoms with van der Waals surface area (Å²) in [6.45, 7) is 2.54. The Morgan fingerprint density at radius 2 is 1.61 bits per heavy atom. The average Bonchev–Trinajstić information content (AvgIpc) is 2.98. The van der Waals surface area contributed by atoms with Crippen molar-refractivity contribution in [1.82, 2.24) is 15.2 Å². The predicted molar refractivity (Wildman–Crippen MR) is 150 cm³/mol. The molecule has 41 heavy (non-hydrogen) atoms. The highest BCUT2D eigenvalue weighted by atomic mass is 19.4.